The van der Waals surface area contributed by atoms with E-state index in [1.54, 1.807) is 12.4 Å². The van der Waals surface area contributed by atoms with Gasteiger partial charge in [0.15, 0.2) is 0 Å². The maximum atomic E-state index is 12.5. The van der Waals surface area contributed by atoms with E-state index in [-0.39, 0.29) is 5.91 Å². The lowest BCUT2D eigenvalue weighted by atomic mass is 9.82. The zero-order chi connectivity index (χ0) is 14.9. The number of hydrogen-bond acceptors (Lipinski definition) is 4. The van der Waals surface area contributed by atoms with Crippen molar-refractivity contribution in [1.82, 2.24) is 9.88 Å². The predicted molar refractivity (Wildman–Crippen MR) is 78.0 cm³/mol. The lowest BCUT2D eigenvalue weighted by Gasteiger charge is -2.46. The average molecular weight is 290 g/mol. The third kappa shape index (κ3) is 2.80. The highest BCUT2D eigenvalue weighted by molar-refractivity contribution is 5.94. The third-order valence-electron chi connectivity index (χ3n) is 4.64. The minimum Gasteiger partial charge on any atom is -0.390 e. The summed E-state index contributed by atoms with van der Waals surface area (Å²) in [5, 5.41) is 10.2. The molecule has 3 heterocycles. The van der Waals surface area contributed by atoms with Gasteiger partial charge in [-0.3, -0.25) is 9.78 Å². The van der Waals surface area contributed by atoms with Gasteiger partial charge in [0.25, 0.3) is 5.91 Å². The van der Waals surface area contributed by atoms with E-state index in [0.29, 0.717) is 38.1 Å². The summed E-state index contributed by atoms with van der Waals surface area (Å²) in [5.41, 5.74) is 1.19. The van der Waals surface area contributed by atoms with Crippen molar-refractivity contribution < 1.29 is 14.6 Å². The maximum absolute atomic E-state index is 12.5. The highest BCUT2D eigenvalue weighted by Gasteiger charge is 2.44. The van der Waals surface area contributed by atoms with Crippen molar-refractivity contribution >= 4 is 5.91 Å². The van der Waals surface area contributed by atoms with Crippen LogP contribution in [0.2, 0.25) is 0 Å². The molecule has 2 saturated heterocycles. The standard InChI is InChI=1S/C16H22N2O3/c1-12-9-13(11-17-10-12)15(20)18-6-4-16(5-7-18)14(19)3-2-8-21-16/h9-11,14,19H,2-8H2,1H3. The summed E-state index contributed by atoms with van der Waals surface area (Å²) >= 11 is 0. The molecule has 1 spiro atoms. The van der Waals surface area contributed by atoms with Crippen molar-refractivity contribution in [1.29, 1.82) is 0 Å². The second-order valence-corrected chi connectivity index (χ2v) is 6.11. The van der Waals surface area contributed by atoms with E-state index >= 15 is 0 Å². The number of aliphatic hydroxyl groups is 1. The van der Waals surface area contributed by atoms with Crippen LogP contribution in [0.5, 0.6) is 0 Å². The number of rotatable bonds is 1. The molecule has 5 nitrogen and oxygen atoms in total. The van der Waals surface area contributed by atoms with Crippen LogP contribution < -0.4 is 0 Å². The smallest absolute Gasteiger partial charge is 0.255 e. The van der Waals surface area contributed by atoms with E-state index in [9.17, 15) is 9.90 Å². The Morgan fingerprint density at radius 3 is 2.86 bits per heavy atom. The fourth-order valence-electron chi connectivity index (χ4n) is 3.33. The van der Waals surface area contributed by atoms with Gasteiger partial charge in [-0.1, -0.05) is 0 Å². The molecular weight excluding hydrogens is 268 g/mol. The first-order valence-electron chi connectivity index (χ1n) is 7.64. The molecule has 0 saturated carbocycles. The molecular formula is C16H22N2O3. The molecule has 5 heteroatoms. The Hall–Kier alpha value is -1.46. The van der Waals surface area contributed by atoms with Crippen LogP contribution in [0.1, 0.15) is 41.6 Å². The van der Waals surface area contributed by atoms with Crippen LogP contribution in [-0.4, -0.2) is 52.3 Å². The molecule has 1 aromatic heterocycles. The first-order chi connectivity index (χ1) is 10.1. The summed E-state index contributed by atoms with van der Waals surface area (Å²) in [4.78, 5) is 18.4. The summed E-state index contributed by atoms with van der Waals surface area (Å²) < 4.78 is 5.87. The molecule has 1 atom stereocenters. The number of aryl methyl sites for hydroxylation is 1. The second-order valence-electron chi connectivity index (χ2n) is 6.11. The first-order valence-corrected chi connectivity index (χ1v) is 7.64. The SMILES string of the molecule is Cc1cncc(C(=O)N2CCC3(CC2)OCCCC3O)c1. The Bertz CT molecular complexity index is 524. The Balaban J connectivity index is 1.67. The van der Waals surface area contributed by atoms with E-state index in [1.807, 2.05) is 17.9 Å². The molecule has 2 aliphatic heterocycles. The van der Waals surface area contributed by atoms with Crippen LogP contribution in [0.4, 0.5) is 0 Å². The van der Waals surface area contributed by atoms with Gasteiger partial charge in [-0.25, -0.2) is 0 Å². The molecule has 2 aliphatic rings. The fourth-order valence-corrected chi connectivity index (χ4v) is 3.33. The maximum Gasteiger partial charge on any atom is 0.255 e. The molecule has 1 N–H and O–H groups in total. The number of pyridine rings is 1. The third-order valence-corrected chi connectivity index (χ3v) is 4.64. The normalized spacial score (nSPS) is 25.0. The molecule has 2 fully saturated rings. The van der Waals surface area contributed by atoms with E-state index in [2.05, 4.69) is 4.98 Å². The Labute approximate surface area is 124 Å². The summed E-state index contributed by atoms with van der Waals surface area (Å²) in [6.45, 7) is 3.90. The summed E-state index contributed by atoms with van der Waals surface area (Å²) in [6, 6.07) is 1.87. The van der Waals surface area contributed by atoms with Crippen LogP contribution in [-0.2, 0) is 4.74 Å². The largest absolute Gasteiger partial charge is 0.390 e. The number of carbonyl (C=O) groups excluding carboxylic acids is 1. The number of carbonyl (C=O) groups is 1. The molecule has 1 unspecified atom stereocenters. The minimum absolute atomic E-state index is 0.0198. The molecule has 0 bridgehead atoms. The molecule has 1 aromatic rings. The van der Waals surface area contributed by atoms with Gasteiger partial charge in [0.2, 0.25) is 0 Å². The van der Waals surface area contributed by atoms with Crippen LogP contribution in [0.3, 0.4) is 0 Å². The number of amides is 1. The fraction of sp³-hybridized carbons (Fsp3) is 0.625. The number of ether oxygens (including phenoxy) is 1. The van der Waals surface area contributed by atoms with Gasteiger partial charge < -0.3 is 14.7 Å². The number of aliphatic hydroxyl groups excluding tert-OH is 1. The number of nitrogens with zero attached hydrogens (tertiary/aromatic N) is 2. The lowest BCUT2D eigenvalue weighted by Crippen LogP contribution is -2.56. The number of piperidine rings is 1. The molecule has 0 radical (unpaired) electrons. The highest BCUT2D eigenvalue weighted by Crippen LogP contribution is 2.35. The first kappa shape index (κ1) is 14.5. The van der Waals surface area contributed by atoms with Gasteiger partial charge in [-0.05, 0) is 44.2 Å². The van der Waals surface area contributed by atoms with Crippen molar-refractivity contribution in [3.8, 4) is 0 Å². The highest BCUT2D eigenvalue weighted by atomic mass is 16.5. The van der Waals surface area contributed by atoms with Gasteiger partial charge in [0.05, 0.1) is 17.3 Å². The zero-order valence-corrected chi connectivity index (χ0v) is 12.4. The van der Waals surface area contributed by atoms with Crippen molar-refractivity contribution in [2.24, 2.45) is 0 Å². The average Bonchev–Trinajstić information content (AvgIpc) is 2.50. The van der Waals surface area contributed by atoms with E-state index in [4.69, 9.17) is 4.74 Å². The molecule has 1 amide bonds. The summed E-state index contributed by atoms with van der Waals surface area (Å²) in [7, 11) is 0. The number of hydrogen-bond donors (Lipinski definition) is 1. The Kier molecular flexibility index (Phi) is 3.95. The molecule has 0 aromatic carbocycles. The predicted octanol–water partition coefficient (Wildman–Crippen LogP) is 1.54. The van der Waals surface area contributed by atoms with Crippen LogP contribution in [0, 0.1) is 6.92 Å². The second kappa shape index (κ2) is 5.73. The quantitative estimate of drug-likeness (QED) is 0.852. The molecule has 21 heavy (non-hydrogen) atoms. The lowest BCUT2D eigenvalue weighted by molar-refractivity contribution is -0.174. The van der Waals surface area contributed by atoms with Crippen LogP contribution in [0.25, 0.3) is 0 Å². The van der Waals surface area contributed by atoms with Gasteiger partial charge in [-0.2, -0.15) is 0 Å². The Morgan fingerprint density at radius 1 is 1.43 bits per heavy atom. The van der Waals surface area contributed by atoms with Crippen LogP contribution in [0.15, 0.2) is 18.5 Å². The van der Waals surface area contributed by atoms with Crippen molar-refractivity contribution in [3.63, 3.8) is 0 Å². The van der Waals surface area contributed by atoms with Gasteiger partial charge >= 0.3 is 0 Å². The molecule has 0 aliphatic carbocycles. The van der Waals surface area contributed by atoms with Crippen molar-refractivity contribution in [3.05, 3.63) is 29.6 Å². The Morgan fingerprint density at radius 2 is 2.19 bits per heavy atom. The van der Waals surface area contributed by atoms with E-state index < -0.39 is 11.7 Å². The van der Waals surface area contributed by atoms with Crippen molar-refractivity contribution in [2.45, 2.75) is 44.3 Å². The van der Waals surface area contributed by atoms with Crippen molar-refractivity contribution in [2.75, 3.05) is 19.7 Å². The number of likely N-dealkylation sites (tertiary alicyclic amines) is 1. The summed E-state index contributed by atoms with van der Waals surface area (Å²) in [5.74, 6) is 0.0198. The van der Waals surface area contributed by atoms with E-state index in [1.165, 1.54) is 0 Å². The van der Waals surface area contributed by atoms with Crippen LogP contribution >= 0.6 is 0 Å². The topological polar surface area (TPSA) is 62.7 Å². The van der Waals surface area contributed by atoms with Gasteiger partial charge in [0.1, 0.15) is 0 Å². The number of aromatic nitrogens is 1. The molecule has 114 valence electrons. The van der Waals surface area contributed by atoms with Gasteiger partial charge in [-0.15, -0.1) is 0 Å². The molecule has 3 rings (SSSR count). The minimum atomic E-state index is -0.431. The zero-order valence-electron chi connectivity index (χ0n) is 12.4. The van der Waals surface area contributed by atoms with Gasteiger partial charge in [0, 0.05) is 32.1 Å². The monoisotopic (exact) mass is 290 g/mol. The summed E-state index contributed by atoms with van der Waals surface area (Å²) in [6.07, 6.45) is 6.10. The van der Waals surface area contributed by atoms with E-state index in [0.717, 1.165) is 18.4 Å².